The van der Waals surface area contributed by atoms with Gasteiger partial charge in [-0.25, -0.2) is 14.2 Å². The van der Waals surface area contributed by atoms with E-state index in [0.29, 0.717) is 55.4 Å². The molecule has 38 heavy (non-hydrogen) atoms. The summed E-state index contributed by atoms with van der Waals surface area (Å²) in [6, 6.07) is 5.92. The molecule has 2 amide bonds. The molecule has 1 aromatic heterocycles. The van der Waals surface area contributed by atoms with Crippen LogP contribution < -0.4 is 16.0 Å². The van der Waals surface area contributed by atoms with Gasteiger partial charge in [-0.15, -0.1) is 0 Å². The Morgan fingerprint density at radius 3 is 2.63 bits per heavy atom. The van der Waals surface area contributed by atoms with E-state index in [0.717, 1.165) is 0 Å². The van der Waals surface area contributed by atoms with Crippen molar-refractivity contribution < 1.29 is 18.7 Å². The van der Waals surface area contributed by atoms with Crippen LogP contribution in [0.15, 0.2) is 30.5 Å². The van der Waals surface area contributed by atoms with Gasteiger partial charge in [0.15, 0.2) is 0 Å². The lowest BCUT2D eigenvalue weighted by molar-refractivity contribution is -0.130. The summed E-state index contributed by atoms with van der Waals surface area (Å²) in [6.07, 6.45) is 2.94. The quantitative estimate of drug-likeness (QED) is 0.356. The van der Waals surface area contributed by atoms with Crippen LogP contribution in [0.2, 0.25) is 0 Å². The predicted octanol–water partition coefficient (Wildman–Crippen LogP) is 4.68. The first kappa shape index (κ1) is 28.7. The molecule has 2 heterocycles. The van der Waals surface area contributed by atoms with Gasteiger partial charge in [0, 0.05) is 32.2 Å². The van der Waals surface area contributed by atoms with Gasteiger partial charge in [-0.1, -0.05) is 18.8 Å². The Morgan fingerprint density at radius 1 is 1.26 bits per heavy atom. The molecule has 1 aliphatic heterocycles. The average molecular weight is 525 g/mol. The Labute approximate surface area is 224 Å². The topological polar surface area (TPSA) is 108 Å². The van der Waals surface area contributed by atoms with Gasteiger partial charge < -0.3 is 20.7 Å². The van der Waals surface area contributed by atoms with Crippen molar-refractivity contribution in [3.8, 4) is 11.8 Å². The number of benzene rings is 1. The zero-order valence-corrected chi connectivity index (χ0v) is 22.9. The van der Waals surface area contributed by atoms with Crippen LogP contribution in [-0.2, 0) is 9.53 Å². The third-order valence-electron chi connectivity index (χ3n) is 6.05. The first-order valence-electron chi connectivity index (χ1n) is 12.8. The first-order chi connectivity index (χ1) is 17.9. The van der Waals surface area contributed by atoms with Crippen LogP contribution >= 0.6 is 0 Å². The van der Waals surface area contributed by atoms with Crippen LogP contribution in [0.1, 0.15) is 59.4 Å². The summed E-state index contributed by atoms with van der Waals surface area (Å²) in [7, 11) is 1.75. The maximum absolute atomic E-state index is 13.1. The molecule has 9 nitrogen and oxygen atoms in total. The number of anilines is 3. The fourth-order valence-corrected chi connectivity index (χ4v) is 4.29. The second-order valence-corrected chi connectivity index (χ2v) is 10.7. The number of nitrogens with zero attached hydrogens (tertiary/aromatic N) is 3. The number of amides is 2. The van der Waals surface area contributed by atoms with Crippen molar-refractivity contribution in [1.82, 2.24) is 20.2 Å². The molecule has 0 radical (unpaired) electrons. The maximum Gasteiger partial charge on any atom is 0.411 e. The largest absolute Gasteiger partial charge is 0.444 e. The summed E-state index contributed by atoms with van der Waals surface area (Å²) in [5, 5.41) is 9.00. The number of hydrogen-bond donors (Lipinski definition) is 3. The number of aromatic nitrogens is 2. The summed E-state index contributed by atoms with van der Waals surface area (Å²) in [5.41, 5.74) is -0.265. The van der Waals surface area contributed by atoms with Crippen LogP contribution in [0, 0.1) is 23.6 Å². The SMILES string of the molecule is CNc1nc(Nc2ccc(F)cc2)ncc1C#CCCCNC(=O)[C@]1(C)C[C@H](C)CN1C(=O)OC(C)(C)C. The first-order valence-corrected chi connectivity index (χ1v) is 12.8. The van der Waals surface area contributed by atoms with E-state index in [-0.39, 0.29) is 17.6 Å². The highest BCUT2D eigenvalue weighted by atomic mass is 19.1. The molecule has 0 aliphatic carbocycles. The number of nitrogens with one attached hydrogen (secondary N) is 3. The average Bonchev–Trinajstić information content (AvgIpc) is 3.17. The highest BCUT2D eigenvalue weighted by molar-refractivity contribution is 5.90. The molecule has 3 rings (SSSR count). The monoisotopic (exact) mass is 524 g/mol. The number of hydrogen-bond acceptors (Lipinski definition) is 7. The van der Waals surface area contributed by atoms with Gasteiger partial charge in [-0.3, -0.25) is 9.69 Å². The number of carbonyl (C=O) groups is 2. The van der Waals surface area contributed by atoms with Gasteiger partial charge in [0.1, 0.15) is 22.8 Å². The minimum atomic E-state index is -0.948. The molecule has 2 aromatic rings. The Bertz CT molecular complexity index is 1200. The summed E-state index contributed by atoms with van der Waals surface area (Å²) in [4.78, 5) is 36.0. The number of unbranched alkanes of at least 4 members (excludes halogenated alkanes) is 1. The van der Waals surface area contributed by atoms with Crippen molar-refractivity contribution in [2.45, 2.75) is 65.0 Å². The number of ether oxygens (including phenoxy) is 1. The molecule has 204 valence electrons. The Hall–Kier alpha value is -3.87. The number of halogens is 1. The summed E-state index contributed by atoms with van der Waals surface area (Å²) < 4.78 is 18.6. The third kappa shape index (κ3) is 7.57. The van der Waals surface area contributed by atoms with E-state index in [9.17, 15) is 14.0 Å². The van der Waals surface area contributed by atoms with Gasteiger partial charge >= 0.3 is 6.09 Å². The number of carbonyl (C=O) groups excluding carboxylic acids is 2. The lowest BCUT2D eigenvalue weighted by Crippen LogP contribution is -2.56. The number of rotatable bonds is 7. The molecular formula is C28H37FN6O3. The smallest absolute Gasteiger partial charge is 0.411 e. The molecule has 1 fully saturated rings. The van der Waals surface area contributed by atoms with E-state index in [4.69, 9.17) is 4.74 Å². The van der Waals surface area contributed by atoms with Crippen LogP contribution in [0.3, 0.4) is 0 Å². The zero-order valence-electron chi connectivity index (χ0n) is 22.9. The van der Waals surface area contributed by atoms with Crippen LogP contribution in [0.5, 0.6) is 0 Å². The predicted molar refractivity (Wildman–Crippen MR) is 146 cm³/mol. The van der Waals surface area contributed by atoms with Crippen molar-refractivity contribution >= 4 is 29.5 Å². The van der Waals surface area contributed by atoms with Crippen molar-refractivity contribution in [3.63, 3.8) is 0 Å². The van der Waals surface area contributed by atoms with Crippen LogP contribution in [0.25, 0.3) is 0 Å². The van der Waals surface area contributed by atoms with E-state index < -0.39 is 17.2 Å². The molecule has 1 saturated heterocycles. The van der Waals surface area contributed by atoms with Crippen LogP contribution in [0.4, 0.5) is 26.6 Å². The number of likely N-dealkylation sites (tertiary alicyclic amines) is 1. The molecule has 0 unspecified atom stereocenters. The third-order valence-corrected chi connectivity index (χ3v) is 6.05. The van der Waals surface area contributed by atoms with Crippen molar-refractivity contribution in [1.29, 1.82) is 0 Å². The molecule has 1 aromatic carbocycles. The minimum Gasteiger partial charge on any atom is -0.444 e. The molecular weight excluding hydrogens is 487 g/mol. The Balaban J connectivity index is 1.52. The van der Waals surface area contributed by atoms with E-state index >= 15 is 0 Å². The van der Waals surface area contributed by atoms with E-state index in [2.05, 4.69) is 37.8 Å². The molecule has 10 heteroatoms. The Kier molecular flexibility index (Phi) is 9.15. The van der Waals surface area contributed by atoms with Gasteiger partial charge in [0.25, 0.3) is 0 Å². The lowest BCUT2D eigenvalue weighted by atomic mass is 9.94. The molecule has 1 aliphatic rings. The minimum absolute atomic E-state index is 0.184. The van der Waals surface area contributed by atoms with Gasteiger partial charge in [0.05, 0.1) is 11.8 Å². The standard InChI is InChI=1S/C28H37FN6O3/c1-19-16-28(5,35(18-19)26(37)38-27(2,3)4)24(36)31-15-9-7-8-10-20-17-32-25(34-23(20)30-6)33-22-13-11-21(29)12-14-22/h11-14,17,19H,7,9,15-16,18H2,1-6H3,(H,31,36)(H2,30,32,33,34)/t19-,28-/m0/s1. The summed E-state index contributed by atoms with van der Waals surface area (Å²) >= 11 is 0. The van der Waals surface area contributed by atoms with Crippen molar-refractivity contribution in [3.05, 3.63) is 41.8 Å². The summed E-state index contributed by atoms with van der Waals surface area (Å²) in [6.45, 7) is 10.2. The fraction of sp³-hybridized carbons (Fsp3) is 0.500. The van der Waals surface area contributed by atoms with Gasteiger partial charge in [-0.05, 0) is 70.7 Å². The molecule has 0 saturated carbocycles. The highest BCUT2D eigenvalue weighted by Gasteiger charge is 2.49. The van der Waals surface area contributed by atoms with Crippen LogP contribution in [-0.4, -0.2) is 58.1 Å². The highest BCUT2D eigenvalue weighted by Crippen LogP contribution is 2.34. The lowest BCUT2D eigenvalue weighted by Gasteiger charge is -2.35. The zero-order chi connectivity index (χ0) is 27.9. The molecule has 0 bridgehead atoms. The Morgan fingerprint density at radius 2 is 1.97 bits per heavy atom. The molecule has 0 spiro atoms. The second kappa shape index (κ2) is 12.1. The molecule has 2 atom stereocenters. The normalized spacial score (nSPS) is 18.8. The van der Waals surface area contributed by atoms with Gasteiger partial charge in [0.2, 0.25) is 11.9 Å². The van der Waals surface area contributed by atoms with E-state index in [1.807, 2.05) is 27.7 Å². The van der Waals surface area contributed by atoms with E-state index in [1.54, 1.807) is 37.2 Å². The van der Waals surface area contributed by atoms with Crippen molar-refractivity contribution in [2.75, 3.05) is 30.8 Å². The van der Waals surface area contributed by atoms with Crippen molar-refractivity contribution in [2.24, 2.45) is 5.92 Å². The summed E-state index contributed by atoms with van der Waals surface area (Å²) in [5.74, 6) is 6.79. The fourth-order valence-electron chi connectivity index (χ4n) is 4.29. The van der Waals surface area contributed by atoms with Gasteiger partial charge in [-0.2, -0.15) is 4.98 Å². The van der Waals surface area contributed by atoms with E-state index in [1.165, 1.54) is 12.1 Å². The maximum atomic E-state index is 13.1. The second-order valence-electron chi connectivity index (χ2n) is 10.7. The molecule has 3 N–H and O–H groups in total.